The highest BCUT2D eigenvalue weighted by molar-refractivity contribution is 7.99. The van der Waals surface area contributed by atoms with E-state index in [0.717, 1.165) is 11.1 Å². The van der Waals surface area contributed by atoms with Crippen LogP contribution in [0.1, 0.15) is 24.0 Å². The van der Waals surface area contributed by atoms with Crippen molar-refractivity contribution in [1.29, 1.82) is 0 Å². The lowest BCUT2D eigenvalue weighted by atomic mass is 9.98. The molecule has 0 saturated carbocycles. The molecule has 1 aliphatic carbocycles. The molecule has 0 heterocycles. The number of amides is 2. The Morgan fingerprint density at radius 2 is 1.71 bits per heavy atom. The van der Waals surface area contributed by atoms with Crippen molar-refractivity contribution in [2.75, 3.05) is 24.8 Å². The van der Waals surface area contributed by atoms with Gasteiger partial charge in [-0.2, -0.15) is 0 Å². The van der Waals surface area contributed by atoms with Crippen molar-refractivity contribution in [3.8, 4) is 11.1 Å². The summed E-state index contributed by atoms with van der Waals surface area (Å²) in [5, 5.41) is 14.8. The van der Waals surface area contributed by atoms with Crippen LogP contribution in [0.5, 0.6) is 0 Å². The summed E-state index contributed by atoms with van der Waals surface area (Å²) in [5.74, 6) is 0.788. The van der Waals surface area contributed by atoms with Gasteiger partial charge in [0.2, 0.25) is 5.91 Å². The number of hydrogen-bond donors (Lipinski definition) is 3. The average Bonchev–Trinajstić information content (AvgIpc) is 3.02. The second-order valence-electron chi connectivity index (χ2n) is 6.60. The van der Waals surface area contributed by atoms with E-state index in [1.165, 1.54) is 29.8 Å². The van der Waals surface area contributed by atoms with Gasteiger partial charge in [0.05, 0.1) is 18.5 Å². The summed E-state index contributed by atoms with van der Waals surface area (Å²) < 4.78 is 5.48. The van der Waals surface area contributed by atoms with Crippen LogP contribution in [-0.2, 0) is 9.53 Å². The van der Waals surface area contributed by atoms with Crippen LogP contribution >= 0.6 is 11.8 Å². The third-order valence-corrected chi connectivity index (χ3v) is 5.61. The van der Waals surface area contributed by atoms with Crippen LogP contribution in [0.4, 0.5) is 4.79 Å². The van der Waals surface area contributed by atoms with Crippen molar-refractivity contribution in [2.24, 2.45) is 0 Å². The number of carbonyl (C=O) groups excluding carboxylic acids is 2. The Kier molecular flexibility index (Phi) is 6.95. The first-order valence-corrected chi connectivity index (χ1v) is 10.3. The first kappa shape index (κ1) is 20.2. The molecule has 0 bridgehead atoms. The van der Waals surface area contributed by atoms with Crippen molar-refractivity contribution in [1.82, 2.24) is 10.6 Å². The number of fused-ring (bicyclic) bond motifs is 3. The molecule has 0 fully saturated rings. The van der Waals surface area contributed by atoms with Gasteiger partial charge in [-0.15, -0.1) is 11.8 Å². The Hall–Kier alpha value is -2.51. The minimum atomic E-state index is -0.555. The fraction of sp³-hybridized carbons (Fsp3) is 0.333. The normalized spacial score (nSPS) is 13.4. The number of benzene rings is 2. The first-order valence-electron chi connectivity index (χ1n) is 9.14. The number of hydrogen-bond acceptors (Lipinski definition) is 5. The number of thioether (sulfide) groups is 1. The topological polar surface area (TPSA) is 87.7 Å². The van der Waals surface area contributed by atoms with E-state index in [-0.39, 0.29) is 25.0 Å². The predicted octanol–water partition coefficient (Wildman–Crippen LogP) is 2.71. The van der Waals surface area contributed by atoms with E-state index in [1.54, 1.807) is 0 Å². The molecule has 0 unspecified atom stereocenters. The molecule has 1 aliphatic rings. The lowest BCUT2D eigenvalue weighted by Crippen LogP contribution is -2.40. The maximum Gasteiger partial charge on any atom is 0.407 e. The molecule has 0 aliphatic heterocycles. The minimum absolute atomic E-state index is 0.000122. The van der Waals surface area contributed by atoms with E-state index >= 15 is 0 Å². The van der Waals surface area contributed by atoms with Crippen molar-refractivity contribution < 1.29 is 19.4 Å². The monoisotopic (exact) mass is 400 g/mol. The summed E-state index contributed by atoms with van der Waals surface area (Å²) in [6, 6.07) is 15.9. The molecule has 7 heteroatoms. The van der Waals surface area contributed by atoms with Crippen LogP contribution in [0.25, 0.3) is 11.1 Å². The Balaban J connectivity index is 1.55. The summed E-state index contributed by atoms with van der Waals surface area (Å²) in [5.41, 5.74) is 4.66. The van der Waals surface area contributed by atoms with E-state index < -0.39 is 12.1 Å². The van der Waals surface area contributed by atoms with Gasteiger partial charge >= 0.3 is 6.09 Å². The van der Waals surface area contributed by atoms with Crippen LogP contribution in [0.2, 0.25) is 0 Å². The molecule has 28 heavy (non-hydrogen) atoms. The van der Waals surface area contributed by atoms with Crippen LogP contribution in [-0.4, -0.2) is 48.0 Å². The molecule has 6 nitrogen and oxygen atoms in total. The van der Waals surface area contributed by atoms with Gasteiger partial charge < -0.3 is 20.5 Å². The summed E-state index contributed by atoms with van der Waals surface area (Å²) in [6.07, 6.45) is -0.555. The molecule has 148 valence electrons. The number of carbonyl (C=O) groups is 2. The third-order valence-electron chi connectivity index (χ3n) is 4.63. The van der Waals surface area contributed by atoms with Gasteiger partial charge in [0, 0.05) is 18.6 Å². The number of ether oxygens (including phenoxy) is 1. The summed E-state index contributed by atoms with van der Waals surface area (Å²) >= 11 is 1.42. The second-order valence-corrected chi connectivity index (χ2v) is 7.63. The molecule has 3 N–H and O–H groups in total. The molecule has 2 aromatic rings. The van der Waals surface area contributed by atoms with Crippen LogP contribution in [0.3, 0.4) is 0 Å². The number of alkyl carbamates (subject to hydrolysis) is 1. The largest absolute Gasteiger partial charge is 0.449 e. The van der Waals surface area contributed by atoms with E-state index in [2.05, 4.69) is 34.9 Å². The zero-order valence-corrected chi connectivity index (χ0v) is 16.5. The molecular weight excluding hydrogens is 376 g/mol. The molecule has 0 saturated heterocycles. The highest BCUT2D eigenvalue weighted by atomic mass is 32.2. The molecule has 1 atom stereocenters. The second kappa shape index (κ2) is 9.61. The lowest BCUT2D eigenvalue weighted by molar-refractivity contribution is -0.118. The Morgan fingerprint density at radius 1 is 1.11 bits per heavy atom. The fourth-order valence-electron chi connectivity index (χ4n) is 3.30. The standard InChI is InChI=1S/C21H24N2O4S/c1-14(25)22-13-28-12-15(10-24)23-21(26)27-11-20-18-8-4-2-6-16(18)17-7-3-5-9-19(17)20/h2-9,15,20,24H,10-13H2,1H3,(H,22,25)(H,23,26)/t15-/m1/s1. The maximum atomic E-state index is 12.2. The van der Waals surface area contributed by atoms with E-state index in [0.29, 0.717) is 11.6 Å². The van der Waals surface area contributed by atoms with Gasteiger partial charge in [-0.1, -0.05) is 48.5 Å². The number of nitrogens with one attached hydrogen (secondary N) is 2. The summed E-state index contributed by atoms with van der Waals surface area (Å²) in [7, 11) is 0. The van der Waals surface area contributed by atoms with Gasteiger partial charge in [-0.3, -0.25) is 4.79 Å². The van der Waals surface area contributed by atoms with E-state index in [1.807, 2.05) is 24.3 Å². The van der Waals surface area contributed by atoms with Gasteiger partial charge in [0.1, 0.15) is 6.61 Å². The zero-order chi connectivity index (χ0) is 19.9. The van der Waals surface area contributed by atoms with Crippen LogP contribution in [0, 0.1) is 0 Å². The van der Waals surface area contributed by atoms with Crippen LogP contribution in [0.15, 0.2) is 48.5 Å². The summed E-state index contributed by atoms with van der Waals surface area (Å²) in [4.78, 5) is 23.1. The van der Waals surface area contributed by atoms with Crippen LogP contribution < -0.4 is 10.6 Å². The fourth-order valence-corrected chi connectivity index (χ4v) is 4.20. The number of aliphatic hydroxyl groups is 1. The van der Waals surface area contributed by atoms with Gasteiger partial charge in [0.15, 0.2) is 0 Å². The highest BCUT2D eigenvalue weighted by Crippen LogP contribution is 2.44. The van der Waals surface area contributed by atoms with Crippen molar-refractivity contribution in [3.63, 3.8) is 0 Å². The molecule has 0 aromatic heterocycles. The maximum absolute atomic E-state index is 12.2. The van der Waals surface area contributed by atoms with Gasteiger partial charge in [-0.25, -0.2) is 4.79 Å². The Morgan fingerprint density at radius 3 is 2.29 bits per heavy atom. The van der Waals surface area contributed by atoms with E-state index in [9.17, 15) is 14.7 Å². The highest BCUT2D eigenvalue weighted by Gasteiger charge is 2.29. The molecule has 0 spiro atoms. The van der Waals surface area contributed by atoms with Gasteiger partial charge in [0.25, 0.3) is 0 Å². The minimum Gasteiger partial charge on any atom is -0.449 e. The molecule has 0 radical (unpaired) electrons. The van der Waals surface area contributed by atoms with Crippen molar-refractivity contribution >= 4 is 23.8 Å². The quantitative estimate of drug-likeness (QED) is 0.468. The molecule has 2 aromatic carbocycles. The molecular formula is C21H24N2O4S. The number of rotatable bonds is 8. The number of aliphatic hydroxyl groups excluding tert-OH is 1. The SMILES string of the molecule is CC(=O)NCSC[C@@H](CO)NC(=O)OCC1c2ccccc2-c2ccccc21. The van der Waals surface area contributed by atoms with Gasteiger partial charge in [-0.05, 0) is 22.3 Å². The lowest BCUT2D eigenvalue weighted by Gasteiger charge is -2.18. The smallest absolute Gasteiger partial charge is 0.407 e. The molecule has 2 amide bonds. The first-order chi connectivity index (χ1) is 13.6. The third kappa shape index (κ3) is 4.85. The summed E-state index contributed by atoms with van der Waals surface area (Å²) in [6.45, 7) is 1.48. The molecule has 3 rings (SSSR count). The van der Waals surface area contributed by atoms with E-state index in [4.69, 9.17) is 4.74 Å². The zero-order valence-electron chi connectivity index (χ0n) is 15.7. The Bertz CT molecular complexity index is 797. The Labute approximate surface area is 168 Å². The van der Waals surface area contributed by atoms with Crippen molar-refractivity contribution in [2.45, 2.75) is 18.9 Å². The average molecular weight is 401 g/mol. The van der Waals surface area contributed by atoms with Crippen molar-refractivity contribution in [3.05, 3.63) is 59.7 Å². The predicted molar refractivity (Wildman–Crippen MR) is 110 cm³/mol.